The van der Waals surface area contributed by atoms with Gasteiger partial charge < -0.3 is 19.9 Å². The number of H-pyrrole nitrogens is 1. The van der Waals surface area contributed by atoms with E-state index in [1.165, 1.54) is 18.3 Å². The number of aromatic amines is 1. The number of pyridine rings is 1. The van der Waals surface area contributed by atoms with Gasteiger partial charge in [0.2, 0.25) is 5.95 Å². The maximum atomic E-state index is 13.2. The normalized spacial score (nSPS) is 18.4. The van der Waals surface area contributed by atoms with Crippen molar-refractivity contribution in [3.05, 3.63) is 52.4 Å². The average molecular weight is 474 g/mol. The van der Waals surface area contributed by atoms with Gasteiger partial charge in [0.15, 0.2) is 0 Å². The monoisotopic (exact) mass is 474 g/mol. The van der Waals surface area contributed by atoms with E-state index in [1.807, 2.05) is 0 Å². The topological polar surface area (TPSA) is 86.4 Å². The van der Waals surface area contributed by atoms with Crippen LogP contribution in [0.15, 0.2) is 41.3 Å². The first-order chi connectivity index (χ1) is 16.4. The summed E-state index contributed by atoms with van der Waals surface area (Å²) >= 11 is 0. The van der Waals surface area contributed by atoms with E-state index in [9.17, 15) is 18.0 Å². The van der Waals surface area contributed by atoms with Crippen molar-refractivity contribution >= 4 is 28.4 Å². The van der Waals surface area contributed by atoms with Crippen molar-refractivity contribution in [1.29, 1.82) is 0 Å². The zero-order valence-corrected chi connectivity index (χ0v) is 18.4. The Morgan fingerprint density at radius 3 is 2.56 bits per heavy atom. The first-order valence-electron chi connectivity index (χ1n) is 11.3. The van der Waals surface area contributed by atoms with Crippen molar-refractivity contribution in [1.82, 2.24) is 19.9 Å². The predicted octanol–water partition coefficient (Wildman–Crippen LogP) is 3.38. The number of alkyl halides is 3. The number of morpholine rings is 1. The number of hydrogen-bond acceptors (Lipinski definition) is 7. The van der Waals surface area contributed by atoms with E-state index in [4.69, 9.17) is 4.74 Å². The van der Waals surface area contributed by atoms with Gasteiger partial charge in [0, 0.05) is 44.1 Å². The number of nitrogens with one attached hydrogen (secondary N) is 2. The van der Waals surface area contributed by atoms with E-state index in [2.05, 4.69) is 30.1 Å². The molecule has 5 rings (SSSR count). The molecule has 0 atom stereocenters. The molecule has 0 aliphatic carbocycles. The van der Waals surface area contributed by atoms with Gasteiger partial charge in [-0.3, -0.25) is 9.69 Å². The second kappa shape index (κ2) is 9.22. The molecule has 2 N–H and O–H groups in total. The molecule has 1 aromatic carbocycles. The molecule has 2 saturated heterocycles. The Bertz CT molecular complexity index is 1220. The Balaban J connectivity index is 1.43. The highest BCUT2D eigenvalue weighted by Crippen LogP contribution is 2.32. The maximum Gasteiger partial charge on any atom is 0.416 e. The number of anilines is 3. The number of fused-ring (bicyclic) bond motifs is 1. The summed E-state index contributed by atoms with van der Waals surface area (Å²) in [5.74, 6) is 0.629. The fraction of sp³-hybridized carbons (Fsp3) is 0.435. The highest BCUT2D eigenvalue weighted by molar-refractivity contribution is 5.91. The molecule has 0 saturated carbocycles. The van der Waals surface area contributed by atoms with Gasteiger partial charge in [0.05, 0.1) is 24.3 Å². The van der Waals surface area contributed by atoms with Crippen molar-refractivity contribution in [2.75, 3.05) is 49.6 Å². The number of aromatic nitrogens is 3. The molecule has 0 spiro atoms. The summed E-state index contributed by atoms with van der Waals surface area (Å²) in [6.45, 7) is 4.88. The van der Waals surface area contributed by atoms with Crippen molar-refractivity contribution in [2.24, 2.45) is 0 Å². The van der Waals surface area contributed by atoms with Crippen LogP contribution in [-0.2, 0) is 10.9 Å². The number of nitrogens with zero attached hydrogens (tertiary/aromatic N) is 4. The third kappa shape index (κ3) is 4.71. The van der Waals surface area contributed by atoms with Crippen LogP contribution in [-0.4, -0.2) is 65.3 Å². The molecule has 0 amide bonds. The minimum atomic E-state index is -4.47. The van der Waals surface area contributed by atoms with Crippen LogP contribution < -0.4 is 15.8 Å². The molecule has 0 unspecified atom stereocenters. The molecular formula is C23H25F3N6O2. The zero-order valence-electron chi connectivity index (χ0n) is 18.4. The maximum absolute atomic E-state index is 13.2. The lowest BCUT2D eigenvalue weighted by molar-refractivity contribution is -0.137. The highest BCUT2D eigenvalue weighted by atomic mass is 19.4. The molecule has 2 aromatic heterocycles. The van der Waals surface area contributed by atoms with Crippen LogP contribution >= 0.6 is 0 Å². The zero-order chi connectivity index (χ0) is 23.7. The molecule has 4 heterocycles. The van der Waals surface area contributed by atoms with E-state index < -0.39 is 17.3 Å². The summed E-state index contributed by atoms with van der Waals surface area (Å²) in [5.41, 5.74) is -0.576. The lowest BCUT2D eigenvalue weighted by atomic mass is 10.0. The van der Waals surface area contributed by atoms with Gasteiger partial charge in [0.25, 0.3) is 5.56 Å². The van der Waals surface area contributed by atoms with Crippen molar-refractivity contribution < 1.29 is 17.9 Å². The summed E-state index contributed by atoms with van der Waals surface area (Å²) in [6.07, 6.45) is -1.07. The summed E-state index contributed by atoms with van der Waals surface area (Å²) in [5, 5.41) is 3.12. The molecule has 2 fully saturated rings. The van der Waals surface area contributed by atoms with Crippen LogP contribution in [0, 0.1) is 0 Å². The van der Waals surface area contributed by atoms with E-state index in [0.29, 0.717) is 17.5 Å². The Morgan fingerprint density at radius 1 is 1.06 bits per heavy atom. The quantitative estimate of drug-likeness (QED) is 0.600. The van der Waals surface area contributed by atoms with Gasteiger partial charge in [-0.25, -0.2) is 4.98 Å². The molecule has 2 aliphatic heterocycles. The standard InChI is InChI=1S/C23H25F3N6O2/c24-23(25,26)15-2-1-3-16(14-15)28-20-19-18(4-7-27-21(19)33)29-22(30-20)32-8-5-17(6-9-32)31-10-12-34-13-11-31/h1-4,7,14,17H,5-6,8-13H2,(H,27,33)(H,28,29,30). The van der Waals surface area contributed by atoms with Gasteiger partial charge >= 0.3 is 6.18 Å². The largest absolute Gasteiger partial charge is 0.416 e. The van der Waals surface area contributed by atoms with Gasteiger partial charge in [-0.2, -0.15) is 18.2 Å². The van der Waals surface area contributed by atoms with Crippen molar-refractivity contribution in [3.63, 3.8) is 0 Å². The number of halogens is 3. The second-order valence-electron chi connectivity index (χ2n) is 8.51. The van der Waals surface area contributed by atoms with Crippen LogP contribution in [0.25, 0.3) is 10.9 Å². The van der Waals surface area contributed by atoms with Crippen molar-refractivity contribution in [3.8, 4) is 0 Å². The molecule has 180 valence electrons. The van der Waals surface area contributed by atoms with Gasteiger partial charge in [-0.1, -0.05) is 6.07 Å². The Kier molecular flexibility index (Phi) is 6.13. The molecule has 34 heavy (non-hydrogen) atoms. The van der Waals surface area contributed by atoms with Gasteiger partial charge in [0.1, 0.15) is 11.2 Å². The Hall–Kier alpha value is -3.18. The molecular weight excluding hydrogens is 449 g/mol. The SMILES string of the molecule is O=c1[nH]ccc2nc(N3CCC(N4CCOCC4)CC3)nc(Nc3cccc(C(F)(F)F)c3)c12. The van der Waals surface area contributed by atoms with Crippen molar-refractivity contribution in [2.45, 2.75) is 25.1 Å². The number of piperidine rings is 1. The van der Waals surface area contributed by atoms with Crippen LogP contribution in [0.3, 0.4) is 0 Å². The van der Waals surface area contributed by atoms with Crippen LogP contribution in [0.5, 0.6) is 0 Å². The van der Waals surface area contributed by atoms with E-state index >= 15 is 0 Å². The van der Waals surface area contributed by atoms with Crippen LogP contribution in [0.2, 0.25) is 0 Å². The lowest BCUT2D eigenvalue weighted by Gasteiger charge is -2.40. The number of hydrogen-bond donors (Lipinski definition) is 2. The molecule has 2 aliphatic rings. The number of rotatable bonds is 4. The summed E-state index contributed by atoms with van der Waals surface area (Å²) in [4.78, 5) is 28.8. The van der Waals surface area contributed by atoms with Crippen LogP contribution in [0.1, 0.15) is 18.4 Å². The van der Waals surface area contributed by atoms with Crippen LogP contribution in [0.4, 0.5) is 30.6 Å². The summed E-state index contributed by atoms with van der Waals surface area (Å²) < 4.78 is 45.0. The molecule has 11 heteroatoms. The molecule has 0 radical (unpaired) electrons. The number of ether oxygens (including phenoxy) is 1. The molecule has 0 bridgehead atoms. The Morgan fingerprint density at radius 2 is 1.82 bits per heavy atom. The van der Waals surface area contributed by atoms with E-state index in [0.717, 1.165) is 64.4 Å². The second-order valence-corrected chi connectivity index (χ2v) is 8.51. The third-order valence-electron chi connectivity index (χ3n) is 6.37. The molecule has 8 nitrogen and oxygen atoms in total. The summed E-state index contributed by atoms with van der Waals surface area (Å²) in [7, 11) is 0. The number of benzene rings is 1. The van der Waals surface area contributed by atoms with Gasteiger partial charge in [-0.15, -0.1) is 0 Å². The van der Waals surface area contributed by atoms with E-state index in [1.54, 1.807) is 6.07 Å². The predicted molar refractivity (Wildman–Crippen MR) is 123 cm³/mol. The first kappa shape index (κ1) is 22.6. The fourth-order valence-corrected chi connectivity index (χ4v) is 4.59. The minimum Gasteiger partial charge on any atom is -0.379 e. The lowest BCUT2D eigenvalue weighted by Crippen LogP contribution is -2.49. The smallest absolute Gasteiger partial charge is 0.379 e. The van der Waals surface area contributed by atoms with E-state index in [-0.39, 0.29) is 16.9 Å². The third-order valence-corrected chi connectivity index (χ3v) is 6.37. The minimum absolute atomic E-state index is 0.177. The molecule has 3 aromatic rings. The summed E-state index contributed by atoms with van der Waals surface area (Å²) in [6, 6.07) is 6.97. The fourth-order valence-electron chi connectivity index (χ4n) is 4.59. The first-order valence-corrected chi connectivity index (χ1v) is 11.3. The highest BCUT2D eigenvalue weighted by Gasteiger charge is 2.31. The Labute approximate surface area is 193 Å². The van der Waals surface area contributed by atoms with Gasteiger partial charge in [-0.05, 0) is 37.1 Å². The average Bonchev–Trinajstić information content (AvgIpc) is 2.84.